The molecule has 1 heterocycles. The zero-order valence-corrected chi connectivity index (χ0v) is 16.3. The van der Waals surface area contributed by atoms with Gasteiger partial charge < -0.3 is 26.6 Å². The molecule has 1 aromatic rings. The minimum Gasteiger partial charge on any atom is -0.325 e. The highest BCUT2D eigenvalue weighted by molar-refractivity contribution is 9.09. The Kier molecular flexibility index (Phi) is 10.1. The zero-order valence-electron chi connectivity index (χ0n) is 14.7. The standard InChI is InChI=1S/C18H30BrN5O/c19-13-18(25)24-16-4-2-15(3-5-16)12-17-14-22-11-10-21-9-8-20-6-1-7-23-17/h2-5,17,20-23H,1,6-14H2,(H,24,25). The second kappa shape index (κ2) is 12.4. The van der Waals surface area contributed by atoms with Crippen LogP contribution in [-0.2, 0) is 11.2 Å². The maximum Gasteiger partial charge on any atom is 0.235 e. The third kappa shape index (κ3) is 8.78. The molecule has 1 aliphatic rings. The van der Waals surface area contributed by atoms with E-state index in [1.54, 1.807) is 0 Å². The van der Waals surface area contributed by atoms with E-state index in [0.717, 1.165) is 64.3 Å². The van der Waals surface area contributed by atoms with E-state index in [9.17, 15) is 4.79 Å². The minimum absolute atomic E-state index is 0.0314. The number of nitrogens with one attached hydrogen (secondary N) is 5. The summed E-state index contributed by atoms with van der Waals surface area (Å²) in [6, 6.07) is 8.53. The average molecular weight is 412 g/mol. The van der Waals surface area contributed by atoms with E-state index in [2.05, 4.69) is 54.6 Å². The topological polar surface area (TPSA) is 77.2 Å². The highest BCUT2D eigenvalue weighted by Gasteiger charge is 2.09. The van der Waals surface area contributed by atoms with Crippen molar-refractivity contribution < 1.29 is 4.79 Å². The molecule has 1 saturated heterocycles. The quantitative estimate of drug-likeness (QED) is 0.471. The summed E-state index contributed by atoms with van der Waals surface area (Å²) in [5.74, 6) is -0.0314. The van der Waals surface area contributed by atoms with Gasteiger partial charge in [-0.3, -0.25) is 4.79 Å². The fourth-order valence-electron chi connectivity index (χ4n) is 2.82. The number of carbonyl (C=O) groups excluding carboxylic acids is 1. The van der Waals surface area contributed by atoms with Crippen LogP contribution in [0.2, 0.25) is 0 Å². The van der Waals surface area contributed by atoms with Crippen molar-refractivity contribution >= 4 is 27.5 Å². The Balaban J connectivity index is 1.84. The predicted molar refractivity (Wildman–Crippen MR) is 108 cm³/mol. The van der Waals surface area contributed by atoms with E-state index in [-0.39, 0.29) is 5.91 Å². The lowest BCUT2D eigenvalue weighted by Gasteiger charge is -2.20. The lowest BCUT2D eigenvalue weighted by molar-refractivity contribution is -0.113. The van der Waals surface area contributed by atoms with E-state index in [0.29, 0.717) is 11.4 Å². The van der Waals surface area contributed by atoms with Crippen LogP contribution in [-0.4, -0.2) is 63.1 Å². The Morgan fingerprint density at radius 1 is 1.00 bits per heavy atom. The van der Waals surface area contributed by atoms with Crippen LogP contribution < -0.4 is 26.6 Å². The van der Waals surface area contributed by atoms with Crippen LogP contribution in [0.3, 0.4) is 0 Å². The Bertz CT molecular complexity index is 483. The second-order valence-electron chi connectivity index (χ2n) is 6.29. The molecule has 1 aromatic carbocycles. The molecule has 140 valence electrons. The maximum absolute atomic E-state index is 11.4. The van der Waals surface area contributed by atoms with Gasteiger partial charge in [0, 0.05) is 44.5 Å². The van der Waals surface area contributed by atoms with Crippen molar-refractivity contribution in [2.24, 2.45) is 0 Å². The fourth-order valence-corrected chi connectivity index (χ4v) is 2.96. The molecule has 0 aliphatic carbocycles. The van der Waals surface area contributed by atoms with Crippen LogP contribution in [0.5, 0.6) is 0 Å². The summed E-state index contributed by atoms with van der Waals surface area (Å²) < 4.78 is 0. The first-order valence-electron chi connectivity index (χ1n) is 9.08. The van der Waals surface area contributed by atoms with Crippen molar-refractivity contribution in [2.75, 3.05) is 56.5 Å². The second-order valence-corrected chi connectivity index (χ2v) is 6.85. The van der Waals surface area contributed by atoms with E-state index in [1.807, 2.05) is 12.1 Å². The molecule has 2 rings (SSSR count). The van der Waals surface area contributed by atoms with Gasteiger partial charge in [0.1, 0.15) is 0 Å². The molecule has 1 fully saturated rings. The molecular formula is C18H30BrN5O. The number of hydrogen-bond donors (Lipinski definition) is 5. The fraction of sp³-hybridized carbons (Fsp3) is 0.611. The number of anilines is 1. The Morgan fingerprint density at radius 2 is 1.68 bits per heavy atom. The molecule has 0 radical (unpaired) electrons. The van der Waals surface area contributed by atoms with Gasteiger partial charge in [-0.15, -0.1) is 0 Å². The van der Waals surface area contributed by atoms with Crippen molar-refractivity contribution in [1.82, 2.24) is 21.3 Å². The van der Waals surface area contributed by atoms with Crippen molar-refractivity contribution in [3.05, 3.63) is 29.8 Å². The maximum atomic E-state index is 11.4. The first-order chi connectivity index (χ1) is 12.3. The van der Waals surface area contributed by atoms with Gasteiger partial charge in [0.25, 0.3) is 0 Å². The Morgan fingerprint density at radius 3 is 2.40 bits per heavy atom. The Hall–Kier alpha value is -0.990. The van der Waals surface area contributed by atoms with E-state index in [4.69, 9.17) is 0 Å². The minimum atomic E-state index is -0.0314. The van der Waals surface area contributed by atoms with E-state index >= 15 is 0 Å². The summed E-state index contributed by atoms with van der Waals surface area (Å²) >= 11 is 3.16. The van der Waals surface area contributed by atoms with Crippen molar-refractivity contribution in [3.8, 4) is 0 Å². The van der Waals surface area contributed by atoms with Crippen LogP contribution in [0.25, 0.3) is 0 Å². The highest BCUT2D eigenvalue weighted by Crippen LogP contribution is 2.11. The molecule has 25 heavy (non-hydrogen) atoms. The van der Waals surface area contributed by atoms with Gasteiger partial charge in [-0.05, 0) is 43.6 Å². The number of halogens is 1. The average Bonchev–Trinajstić information content (AvgIpc) is 2.65. The van der Waals surface area contributed by atoms with Crippen LogP contribution in [0.1, 0.15) is 12.0 Å². The molecule has 0 spiro atoms. The normalized spacial score (nSPS) is 20.8. The lowest BCUT2D eigenvalue weighted by atomic mass is 10.0. The summed E-state index contributed by atoms with van der Waals surface area (Å²) in [6.45, 7) is 7.06. The largest absolute Gasteiger partial charge is 0.325 e. The SMILES string of the molecule is O=C(CBr)Nc1ccc(CC2CNCCNCCNCCCN2)cc1. The van der Waals surface area contributed by atoms with E-state index < -0.39 is 0 Å². The number of amides is 1. The smallest absolute Gasteiger partial charge is 0.235 e. The third-order valence-electron chi connectivity index (χ3n) is 4.15. The molecule has 0 aromatic heterocycles. The third-order valence-corrected chi connectivity index (χ3v) is 4.66. The molecule has 1 atom stereocenters. The summed E-state index contributed by atoms with van der Waals surface area (Å²) in [6.07, 6.45) is 2.11. The first-order valence-corrected chi connectivity index (χ1v) is 10.2. The number of alkyl halides is 1. The molecular weight excluding hydrogens is 382 g/mol. The van der Waals surface area contributed by atoms with Crippen LogP contribution in [0, 0.1) is 0 Å². The van der Waals surface area contributed by atoms with Gasteiger partial charge in [0.05, 0.1) is 5.33 Å². The van der Waals surface area contributed by atoms with E-state index in [1.165, 1.54) is 5.56 Å². The van der Waals surface area contributed by atoms with Crippen molar-refractivity contribution in [2.45, 2.75) is 18.9 Å². The molecule has 1 unspecified atom stereocenters. The summed E-state index contributed by atoms with van der Waals surface area (Å²) in [5.41, 5.74) is 2.11. The number of hydrogen-bond acceptors (Lipinski definition) is 5. The van der Waals surface area contributed by atoms with Crippen molar-refractivity contribution in [1.29, 1.82) is 0 Å². The predicted octanol–water partition coefficient (Wildman–Crippen LogP) is 0.693. The van der Waals surface area contributed by atoms with Gasteiger partial charge in [-0.25, -0.2) is 0 Å². The molecule has 6 nitrogen and oxygen atoms in total. The van der Waals surface area contributed by atoms with Gasteiger partial charge >= 0.3 is 0 Å². The molecule has 1 amide bonds. The number of carbonyl (C=O) groups is 1. The van der Waals surface area contributed by atoms with Gasteiger partial charge in [0.15, 0.2) is 0 Å². The number of benzene rings is 1. The molecule has 5 N–H and O–H groups in total. The van der Waals surface area contributed by atoms with Gasteiger partial charge in [0.2, 0.25) is 5.91 Å². The summed E-state index contributed by atoms with van der Waals surface area (Å²) in [4.78, 5) is 11.4. The van der Waals surface area contributed by atoms with Gasteiger partial charge in [-0.2, -0.15) is 0 Å². The number of rotatable bonds is 4. The van der Waals surface area contributed by atoms with Crippen LogP contribution in [0.4, 0.5) is 5.69 Å². The Labute approximate surface area is 159 Å². The van der Waals surface area contributed by atoms with Crippen molar-refractivity contribution in [3.63, 3.8) is 0 Å². The molecule has 0 bridgehead atoms. The first kappa shape index (κ1) is 20.3. The monoisotopic (exact) mass is 411 g/mol. The van der Waals surface area contributed by atoms with Crippen LogP contribution >= 0.6 is 15.9 Å². The molecule has 1 aliphatic heterocycles. The van der Waals surface area contributed by atoms with Crippen LogP contribution in [0.15, 0.2) is 24.3 Å². The van der Waals surface area contributed by atoms with Gasteiger partial charge in [-0.1, -0.05) is 28.1 Å². The molecule has 0 saturated carbocycles. The molecule has 7 heteroatoms. The highest BCUT2D eigenvalue weighted by atomic mass is 79.9. The summed E-state index contributed by atoms with van der Waals surface area (Å²) in [7, 11) is 0. The lowest BCUT2D eigenvalue weighted by Crippen LogP contribution is -2.42. The zero-order chi connectivity index (χ0) is 17.7. The summed E-state index contributed by atoms with van der Waals surface area (Å²) in [5, 5.41) is 17.2.